The number of hydrogen-bond donors (Lipinski definition) is 1. The molecule has 1 amide bonds. The van der Waals surface area contributed by atoms with Crippen molar-refractivity contribution in [3.63, 3.8) is 0 Å². The van der Waals surface area contributed by atoms with Crippen LogP contribution < -0.4 is 14.8 Å². The van der Waals surface area contributed by atoms with Crippen molar-refractivity contribution in [2.45, 2.75) is 20.8 Å². The second kappa shape index (κ2) is 6.83. The van der Waals surface area contributed by atoms with Gasteiger partial charge in [-0.05, 0) is 20.8 Å². The van der Waals surface area contributed by atoms with Crippen molar-refractivity contribution < 1.29 is 14.3 Å². The summed E-state index contributed by atoms with van der Waals surface area (Å²) >= 11 is 6.06. The van der Waals surface area contributed by atoms with Crippen molar-refractivity contribution in [3.05, 3.63) is 39.9 Å². The van der Waals surface area contributed by atoms with Crippen LogP contribution in [-0.4, -0.2) is 30.1 Å². The highest BCUT2D eigenvalue weighted by atomic mass is 35.5. The SMILES string of the molecule is COc1cc(NC(=O)c2c(C)nc(C)nc2C)c(OC)cc1Cl. The number of nitrogens with zero attached hydrogens (tertiary/aromatic N) is 2. The molecule has 0 fully saturated rings. The first-order chi connectivity index (χ1) is 10.9. The number of carbonyl (C=O) groups is 1. The van der Waals surface area contributed by atoms with Crippen LogP contribution in [0, 0.1) is 20.8 Å². The topological polar surface area (TPSA) is 73.3 Å². The van der Waals surface area contributed by atoms with Gasteiger partial charge in [0.1, 0.15) is 17.3 Å². The third-order valence-corrected chi connectivity index (χ3v) is 3.63. The second-order valence-electron chi connectivity index (χ2n) is 4.96. The van der Waals surface area contributed by atoms with Crippen molar-refractivity contribution in [2.24, 2.45) is 0 Å². The van der Waals surface area contributed by atoms with E-state index in [0.717, 1.165) is 0 Å². The lowest BCUT2D eigenvalue weighted by atomic mass is 10.1. The molecule has 122 valence electrons. The number of amides is 1. The number of nitrogens with one attached hydrogen (secondary N) is 1. The maximum Gasteiger partial charge on any atom is 0.259 e. The molecule has 7 heteroatoms. The Morgan fingerprint density at radius 2 is 1.61 bits per heavy atom. The first kappa shape index (κ1) is 17.0. The molecule has 0 radical (unpaired) electrons. The number of aromatic nitrogens is 2. The third kappa shape index (κ3) is 3.53. The molecular weight excluding hydrogens is 318 g/mol. The molecule has 0 aliphatic carbocycles. The Morgan fingerprint density at radius 3 is 2.13 bits per heavy atom. The Balaban J connectivity index is 2.41. The molecule has 23 heavy (non-hydrogen) atoms. The number of anilines is 1. The lowest BCUT2D eigenvalue weighted by Crippen LogP contribution is -2.18. The van der Waals surface area contributed by atoms with E-state index in [4.69, 9.17) is 21.1 Å². The number of carbonyl (C=O) groups excluding carboxylic acids is 1. The van der Waals surface area contributed by atoms with Gasteiger partial charge in [0.15, 0.2) is 0 Å². The van der Waals surface area contributed by atoms with E-state index in [-0.39, 0.29) is 5.91 Å². The van der Waals surface area contributed by atoms with Crippen LogP contribution in [0.15, 0.2) is 12.1 Å². The van der Waals surface area contributed by atoms with Crippen molar-refractivity contribution >= 4 is 23.2 Å². The number of rotatable bonds is 4. The van der Waals surface area contributed by atoms with Gasteiger partial charge in [-0.25, -0.2) is 9.97 Å². The Hall–Kier alpha value is -2.34. The summed E-state index contributed by atoms with van der Waals surface area (Å²) in [5.41, 5.74) is 2.13. The van der Waals surface area contributed by atoms with Crippen molar-refractivity contribution in [1.82, 2.24) is 9.97 Å². The molecule has 0 atom stereocenters. The highest BCUT2D eigenvalue weighted by Gasteiger charge is 2.18. The standard InChI is InChI=1S/C16H18ClN3O3/c1-8-15(9(2)19-10(3)18-8)16(21)20-12-7-13(22-4)11(17)6-14(12)23-5/h6-7H,1-5H3,(H,20,21). The highest BCUT2D eigenvalue weighted by molar-refractivity contribution is 6.32. The zero-order valence-electron chi connectivity index (χ0n) is 13.7. The zero-order valence-corrected chi connectivity index (χ0v) is 14.4. The first-order valence-electron chi connectivity index (χ1n) is 6.92. The Labute approximate surface area is 139 Å². The van der Waals surface area contributed by atoms with Crippen molar-refractivity contribution in [3.8, 4) is 11.5 Å². The average Bonchev–Trinajstić information content (AvgIpc) is 2.47. The summed E-state index contributed by atoms with van der Waals surface area (Å²) in [7, 11) is 3.00. The quantitative estimate of drug-likeness (QED) is 0.927. The van der Waals surface area contributed by atoms with Crippen molar-refractivity contribution in [1.29, 1.82) is 0 Å². The van der Waals surface area contributed by atoms with Gasteiger partial charge in [-0.15, -0.1) is 0 Å². The molecule has 0 spiro atoms. The van der Waals surface area contributed by atoms with E-state index in [1.54, 1.807) is 32.9 Å². The van der Waals surface area contributed by atoms with E-state index >= 15 is 0 Å². The largest absolute Gasteiger partial charge is 0.495 e. The monoisotopic (exact) mass is 335 g/mol. The molecule has 1 heterocycles. The minimum absolute atomic E-state index is 0.317. The summed E-state index contributed by atoms with van der Waals surface area (Å²) in [6.07, 6.45) is 0. The minimum atomic E-state index is -0.317. The molecule has 2 rings (SSSR count). The summed E-state index contributed by atoms with van der Waals surface area (Å²) in [4.78, 5) is 21.1. The third-order valence-electron chi connectivity index (χ3n) is 3.33. The highest BCUT2D eigenvalue weighted by Crippen LogP contribution is 2.36. The molecule has 0 aliphatic rings. The van der Waals surface area contributed by atoms with E-state index < -0.39 is 0 Å². The van der Waals surface area contributed by atoms with E-state index in [0.29, 0.717) is 45.0 Å². The fourth-order valence-corrected chi connectivity index (χ4v) is 2.59. The van der Waals surface area contributed by atoms with Gasteiger partial charge in [0, 0.05) is 12.1 Å². The molecule has 0 bridgehead atoms. The smallest absolute Gasteiger partial charge is 0.259 e. The van der Waals surface area contributed by atoms with Crippen LogP contribution in [0.3, 0.4) is 0 Å². The molecule has 2 aromatic rings. The predicted octanol–water partition coefficient (Wildman–Crippen LogP) is 3.32. The molecule has 0 saturated heterocycles. The Bertz CT molecular complexity index is 739. The summed E-state index contributed by atoms with van der Waals surface area (Å²) < 4.78 is 10.4. The molecular formula is C16H18ClN3O3. The fourth-order valence-electron chi connectivity index (χ4n) is 2.36. The molecule has 1 aromatic heterocycles. The summed E-state index contributed by atoms with van der Waals surface area (Å²) in [6.45, 7) is 5.33. The molecule has 0 unspecified atom stereocenters. The average molecular weight is 336 g/mol. The summed E-state index contributed by atoms with van der Waals surface area (Å²) in [6, 6.07) is 3.19. The summed E-state index contributed by atoms with van der Waals surface area (Å²) in [5.74, 6) is 1.19. The number of hydrogen-bond acceptors (Lipinski definition) is 5. The van der Waals surface area contributed by atoms with Crippen LogP contribution in [0.2, 0.25) is 5.02 Å². The van der Waals surface area contributed by atoms with Gasteiger partial charge in [-0.1, -0.05) is 11.6 Å². The number of aryl methyl sites for hydroxylation is 3. The zero-order chi connectivity index (χ0) is 17.1. The van der Waals surface area contributed by atoms with Gasteiger partial charge >= 0.3 is 0 Å². The normalized spacial score (nSPS) is 10.3. The second-order valence-corrected chi connectivity index (χ2v) is 5.37. The minimum Gasteiger partial charge on any atom is -0.495 e. The number of ether oxygens (including phenoxy) is 2. The van der Waals surface area contributed by atoms with Crippen LogP contribution in [0.4, 0.5) is 5.69 Å². The van der Waals surface area contributed by atoms with Crippen molar-refractivity contribution in [2.75, 3.05) is 19.5 Å². The van der Waals surface area contributed by atoms with Gasteiger partial charge in [-0.2, -0.15) is 0 Å². The predicted molar refractivity (Wildman–Crippen MR) is 88.8 cm³/mol. The van der Waals surface area contributed by atoms with Gasteiger partial charge in [-0.3, -0.25) is 4.79 Å². The van der Waals surface area contributed by atoms with E-state index in [2.05, 4.69) is 15.3 Å². The Kier molecular flexibility index (Phi) is 5.05. The fraction of sp³-hybridized carbons (Fsp3) is 0.312. The molecule has 1 aromatic carbocycles. The van der Waals surface area contributed by atoms with E-state index in [1.165, 1.54) is 14.2 Å². The van der Waals surface area contributed by atoms with E-state index in [1.807, 2.05) is 0 Å². The first-order valence-corrected chi connectivity index (χ1v) is 7.29. The van der Waals surface area contributed by atoms with E-state index in [9.17, 15) is 4.79 Å². The molecule has 0 saturated carbocycles. The van der Waals surface area contributed by atoms with Crippen LogP contribution in [0.5, 0.6) is 11.5 Å². The number of benzene rings is 1. The number of methoxy groups -OCH3 is 2. The van der Waals surface area contributed by atoms with Crippen LogP contribution in [0.25, 0.3) is 0 Å². The van der Waals surface area contributed by atoms with Crippen LogP contribution in [-0.2, 0) is 0 Å². The van der Waals surface area contributed by atoms with Crippen LogP contribution >= 0.6 is 11.6 Å². The lowest BCUT2D eigenvalue weighted by molar-refractivity contribution is 0.102. The maximum atomic E-state index is 12.6. The van der Waals surface area contributed by atoms with Crippen LogP contribution in [0.1, 0.15) is 27.6 Å². The lowest BCUT2D eigenvalue weighted by Gasteiger charge is -2.14. The molecule has 6 nitrogen and oxygen atoms in total. The Morgan fingerprint density at radius 1 is 1.04 bits per heavy atom. The molecule has 0 aliphatic heterocycles. The molecule has 1 N–H and O–H groups in total. The number of halogens is 1. The van der Waals surface area contributed by atoms with Gasteiger partial charge in [0.05, 0.1) is 41.9 Å². The maximum absolute atomic E-state index is 12.6. The van der Waals surface area contributed by atoms with Gasteiger partial charge in [0.25, 0.3) is 5.91 Å². The summed E-state index contributed by atoms with van der Waals surface area (Å²) in [5, 5.41) is 3.19. The van der Waals surface area contributed by atoms with Gasteiger partial charge in [0.2, 0.25) is 0 Å². The van der Waals surface area contributed by atoms with Gasteiger partial charge < -0.3 is 14.8 Å².